The molecule has 1 aliphatic rings. The van der Waals surface area contributed by atoms with Gasteiger partial charge in [0.2, 0.25) is 5.91 Å². The Morgan fingerprint density at radius 1 is 1.17 bits per heavy atom. The predicted molar refractivity (Wildman–Crippen MR) is 121 cm³/mol. The SMILES string of the molecule is Cc1cccc2c(=O)n(CCC(=O)N3CCc4sccc4[C@H]3c3cccs3)cnc12. The van der Waals surface area contributed by atoms with Gasteiger partial charge in [-0.2, -0.15) is 0 Å². The number of hydrogen-bond acceptors (Lipinski definition) is 5. The number of hydrogen-bond donors (Lipinski definition) is 0. The second-order valence-corrected chi connectivity index (χ2v) is 9.50. The maximum absolute atomic E-state index is 13.2. The Hall–Kier alpha value is -2.77. The van der Waals surface area contributed by atoms with E-state index in [-0.39, 0.29) is 23.9 Å². The highest BCUT2D eigenvalue weighted by atomic mass is 32.1. The molecule has 7 heteroatoms. The van der Waals surface area contributed by atoms with Crippen molar-refractivity contribution in [3.05, 3.63) is 84.7 Å². The molecule has 4 heterocycles. The molecule has 1 amide bonds. The molecule has 1 aromatic carbocycles. The topological polar surface area (TPSA) is 55.2 Å². The Morgan fingerprint density at radius 3 is 2.90 bits per heavy atom. The van der Waals surface area contributed by atoms with Crippen LogP contribution in [0.15, 0.2) is 58.3 Å². The number of aromatic nitrogens is 2. The zero-order valence-corrected chi connectivity index (χ0v) is 18.2. The highest BCUT2D eigenvalue weighted by Crippen LogP contribution is 2.39. The molecule has 0 saturated heterocycles. The number of benzene rings is 1. The zero-order valence-electron chi connectivity index (χ0n) is 16.6. The van der Waals surface area contributed by atoms with E-state index in [0.29, 0.717) is 18.5 Å². The van der Waals surface area contributed by atoms with Crippen LogP contribution >= 0.6 is 22.7 Å². The van der Waals surface area contributed by atoms with Crippen LogP contribution in [0.3, 0.4) is 0 Å². The average molecular weight is 436 g/mol. The number of nitrogens with zero attached hydrogens (tertiary/aromatic N) is 3. The molecule has 0 unspecified atom stereocenters. The molecule has 0 N–H and O–H groups in total. The smallest absolute Gasteiger partial charge is 0.261 e. The maximum Gasteiger partial charge on any atom is 0.261 e. The number of fused-ring (bicyclic) bond motifs is 2. The van der Waals surface area contributed by atoms with Gasteiger partial charge in [-0.05, 0) is 53.4 Å². The fourth-order valence-corrected chi connectivity index (χ4v) is 5.95. The van der Waals surface area contributed by atoms with E-state index < -0.39 is 0 Å². The van der Waals surface area contributed by atoms with Gasteiger partial charge in [-0.1, -0.05) is 18.2 Å². The lowest BCUT2D eigenvalue weighted by atomic mass is 9.98. The van der Waals surface area contributed by atoms with Crippen molar-refractivity contribution >= 4 is 39.5 Å². The van der Waals surface area contributed by atoms with E-state index >= 15 is 0 Å². The van der Waals surface area contributed by atoms with Crippen LogP contribution in [0.2, 0.25) is 0 Å². The third-order valence-electron chi connectivity index (χ3n) is 5.72. The third kappa shape index (κ3) is 3.28. The minimum absolute atomic E-state index is 0.0263. The minimum Gasteiger partial charge on any atom is -0.330 e. The molecular weight excluding hydrogens is 414 g/mol. The van der Waals surface area contributed by atoms with Crippen LogP contribution in [0.5, 0.6) is 0 Å². The first-order valence-corrected chi connectivity index (χ1v) is 11.7. The Balaban J connectivity index is 1.40. The van der Waals surface area contributed by atoms with E-state index in [4.69, 9.17) is 0 Å². The lowest BCUT2D eigenvalue weighted by Crippen LogP contribution is -2.40. The number of carbonyl (C=O) groups is 1. The average Bonchev–Trinajstić information content (AvgIpc) is 3.45. The first-order chi connectivity index (χ1) is 14.6. The van der Waals surface area contributed by atoms with Gasteiger partial charge in [-0.15, -0.1) is 22.7 Å². The van der Waals surface area contributed by atoms with E-state index in [0.717, 1.165) is 17.5 Å². The van der Waals surface area contributed by atoms with Crippen LogP contribution in [-0.4, -0.2) is 26.9 Å². The normalized spacial score (nSPS) is 16.0. The number of carbonyl (C=O) groups excluding carboxylic acids is 1. The van der Waals surface area contributed by atoms with Crippen molar-refractivity contribution in [3.8, 4) is 0 Å². The van der Waals surface area contributed by atoms with Crippen molar-refractivity contribution in [2.75, 3.05) is 6.54 Å². The number of amides is 1. The summed E-state index contributed by atoms with van der Waals surface area (Å²) in [6, 6.07) is 11.9. The van der Waals surface area contributed by atoms with E-state index in [9.17, 15) is 9.59 Å². The van der Waals surface area contributed by atoms with Gasteiger partial charge in [0.1, 0.15) is 0 Å². The summed E-state index contributed by atoms with van der Waals surface area (Å²) in [5.74, 6) is 0.0708. The van der Waals surface area contributed by atoms with Gasteiger partial charge in [0.15, 0.2) is 0 Å². The van der Waals surface area contributed by atoms with Gasteiger partial charge < -0.3 is 4.90 Å². The first-order valence-electron chi connectivity index (χ1n) is 9.97. The molecule has 1 aliphatic heterocycles. The van der Waals surface area contributed by atoms with Crippen LogP contribution in [-0.2, 0) is 17.8 Å². The van der Waals surface area contributed by atoms with E-state index in [1.54, 1.807) is 39.6 Å². The number of thiophene rings is 2. The van der Waals surface area contributed by atoms with Gasteiger partial charge in [0.05, 0.1) is 23.3 Å². The largest absolute Gasteiger partial charge is 0.330 e. The Labute approximate surface area is 182 Å². The molecule has 0 saturated carbocycles. The zero-order chi connectivity index (χ0) is 20.7. The molecule has 4 aromatic rings. The maximum atomic E-state index is 13.2. The van der Waals surface area contributed by atoms with Gasteiger partial charge in [-0.3, -0.25) is 14.2 Å². The van der Waals surface area contributed by atoms with Gasteiger partial charge in [0, 0.05) is 29.3 Å². The molecular formula is C23H21N3O2S2. The van der Waals surface area contributed by atoms with E-state index in [1.165, 1.54) is 15.3 Å². The van der Waals surface area contributed by atoms with Gasteiger partial charge in [-0.25, -0.2) is 4.98 Å². The fourth-order valence-electron chi connectivity index (χ4n) is 4.20. The molecule has 5 rings (SSSR count). The van der Waals surface area contributed by atoms with Crippen molar-refractivity contribution < 1.29 is 4.79 Å². The third-order valence-corrected chi connectivity index (χ3v) is 7.64. The quantitative estimate of drug-likeness (QED) is 0.478. The number of para-hydroxylation sites is 1. The summed E-state index contributed by atoms with van der Waals surface area (Å²) in [6.45, 7) is 2.99. The summed E-state index contributed by atoms with van der Waals surface area (Å²) in [6.07, 6.45) is 2.73. The van der Waals surface area contributed by atoms with E-state index in [1.807, 2.05) is 30.0 Å². The fraction of sp³-hybridized carbons (Fsp3) is 0.261. The number of aryl methyl sites for hydroxylation is 2. The Morgan fingerprint density at radius 2 is 2.07 bits per heavy atom. The van der Waals surface area contributed by atoms with Gasteiger partial charge in [0.25, 0.3) is 5.56 Å². The monoisotopic (exact) mass is 435 g/mol. The molecule has 1 atom stereocenters. The second-order valence-electron chi connectivity index (χ2n) is 7.52. The second kappa shape index (κ2) is 7.81. The Bertz CT molecular complexity index is 1270. The summed E-state index contributed by atoms with van der Waals surface area (Å²) in [7, 11) is 0. The van der Waals surface area contributed by atoms with Crippen molar-refractivity contribution in [1.29, 1.82) is 0 Å². The number of rotatable bonds is 4. The molecule has 0 spiro atoms. The molecule has 0 aliphatic carbocycles. The van der Waals surface area contributed by atoms with Crippen molar-refractivity contribution in [2.24, 2.45) is 0 Å². The van der Waals surface area contributed by atoms with Gasteiger partial charge >= 0.3 is 0 Å². The molecule has 0 fully saturated rings. The highest BCUT2D eigenvalue weighted by Gasteiger charge is 2.33. The van der Waals surface area contributed by atoms with Crippen LogP contribution in [0.25, 0.3) is 10.9 Å². The lowest BCUT2D eigenvalue weighted by molar-refractivity contribution is -0.133. The summed E-state index contributed by atoms with van der Waals surface area (Å²) < 4.78 is 1.56. The summed E-state index contributed by atoms with van der Waals surface area (Å²) in [5.41, 5.74) is 2.85. The molecule has 5 nitrogen and oxygen atoms in total. The molecule has 0 radical (unpaired) electrons. The summed E-state index contributed by atoms with van der Waals surface area (Å²) in [4.78, 5) is 35.1. The van der Waals surface area contributed by atoms with Crippen molar-refractivity contribution in [1.82, 2.24) is 14.5 Å². The molecule has 3 aromatic heterocycles. The predicted octanol–water partition coefficient (Wildman–Crippen LogP) is 4.39. The van der Waals surface area contributed by atoms with E-state index in [2.05, 4.69) is 27.9 Å². The standard InChI is InChI=1S/C23H21N3O2S2/c1-15-4-2-5-17-21(15)24-14-25(23(17)28)10-8-20(27)26-11-7-18-16(9-13-30-18)22(26)19-6-3-12-29-19/h2-6,9,12-14,22H,7-8,10-11H2,1H3/t22-/m0/s1. The van der Waals surface area contributed by atoms with Crippen LogP contribution < -0.4 is 5.56 Å². The molecule has 0 bridgehead atoms. The van der Waals surface area contributed by atoms with Crippen LogP contribution in [0.4, 0.5) is 0 Å². The van der Waals surface area contributed by atoms with Crippen molar-refractivity contribution in [2.45, 2.75) is 32.4 Å². The first kappa shape index (κ1) is 19.2. The van der Waals surface area contributed by atoms with Crippen LogP contribution in [0.1, 0.15) is 33.3 Å². The highest BCUT2D eigenvalue weighted by molar-refractivity contribution is 7.10. The lowest BCUT2D eigenvalue weighted by Gasteiger charge is -2.35. The minimum atomic E-state index is -0.0925. The molecule has 30 heavy (non-hydrogen) atoms. The summed E-state index contributed by atoms with van der Waals surface area (Å²) in [5, 5.41) is 4.77. The van der Waals surface area contributed by atoms with Crippen LogP contribution in [0, 0.1) is 6.92 Å². The summed E-state index contributed by atoms with van der Waals surface area (Å²) >= 11 is 3.45. The Kier molecular flexibility index (Phi) is 5.00. The molecule has 152 valence electrons. The van der Waals surface area contributed by atoms with Crippen molar-refractivity contribution in [3.63, 3.8) is 0 Å².